The minimum atomic E-state index is -4.49. The van der Waals surface area contributed by atoms with Crippen molar-refractivity contribution >= 4 is 5.91 Å². The number of amides is 1. The van der Waals surface area contributed by atoms with Crippen molar-refractivity contribution in [2.75, 3.05) is 20.3 Å². The zero-order chi connectivity index (χ0) is 15.2. The molecule has 120 valence electrons. The Bertz CT molecular complexity index is 450. The Morgan fingerprint density at radius 1 is 1.38 bits per heavy atom. The molecule has 21 heavy (non-hydrogen) atoms. The molecule has 1 aromatic carbocycles. The molecule has 0 unspecified atom stereocenters. The molecular formula is C14H21F3N2O2. The molecule has 1 rings (SSSR count). The van der Waals surface area contributed by atoms with Gasteiger partial charge in [0.05, 0.1) is 12.2 Å². The van der Waals surface area contributed by atoms with E-state index in [1.54, 1.807) is 0 Å². The van der Waals surface area contributed by atoms with Crippen LogP contribution in [-0.4, -0.2) is 26.2 Å². The van der Waals surface area contributed by atoms with E-state index in [1.165, 1.54) is 25.3 Å². The van der Waals surface area contributed by atoms with Crippen molar-refractivity contribution in [2.45, 2.75) is 26.1 Å². The second kappa shape index (κ2) is 8.63. The zero-order valence-corrected chi connectivity index (χ0v) is 11.0. The summed E-state index contributed by atoms with van der Waals surface area (Å²) in [7, 11) is 1.48. The van der Waals surface area contributed by atoms with Crippen LogP contribution >= 0.6 is 0 Å². The molecule has 0 saturated carbocycles. The van der Waals surface area contributed by atoms with E-state index in [1.807, 2.05) is 0 Å². The second-order valence-electron chi connectivity index (χ2n) is 4.24. The number of nitrogens with one attached hydrogen (secondary N) is 1. The van der Waals surface area contributed by atoms with Crippen LogP contribution in [0.3, 0.4) is 0 Å². The smallest absolute Gasteiger partial charge is 0.383 e. The predicted molar refractivity (Wildman–Crippen MR) is 74.6 cm³/mol. The number of alkyl halides is 3. The fourth-order valence-corrected chi connectivity index (χ4v) is 1.75. The van der Waals surface area contributed by atoms with Gasteiger partial charge in [-0.05, 0) is 11.6 Å². The number of ether oxygens (including phenoxy) is 1. The third kappa shape index (κ3) is 6.14. The van der Waals surface area contributed by atoms with E-state index in [2.05, 4.69) is 5.32 Å². The number of carbonyl (C=O) groups is 1. The topological polar surface area (TPSA) is 64.3 Å². The van der Waals surface area contributed by atoms with Gasteiger partial charge in [0.15, 0.2) is 0 Å². The van der Waals surface area contributed by atoms with Crippen LogP contribution in [0.2, 0.25) is 0 Å². The largest absolute Gasteiger partial charge is 0.416 e. The van der Waals surface area contributed by atoms with Crippen LogP contribution in [-0.2, 0) is 15.7 Å². The van der Waals surface area contributed by atoms with Gasteiger partial charge < -0.3 is 15.8 Å². The maximum Gasteiger partial charge on any atom is 0.416 e. The van der Waals surface area contributed by atoms with Gasteiger partial charge in [0.1, 0.15) is 0 Å². The number of hydrogen-bond acceptors (Lipinski definition) is 3. The van der Waals surface area contributed by atoms with Gasteiger partial charge in [-0.15, -0.1) is 0 Å². The molecule has 0 heterocycles. The van der Waals surface area contributed by atoms with Gasteiger partial charge in [-0.3, -0.25) is 4.79 Å². The molecule has 1 atom stereocenters. The van der Waals surface area contributed by atoms with E-state index >= 15 is 0 Å². The van der Waals surface area contributed by atoms with E-state index in [0.29, 0.717) is 13.2 Å². The average Bonchev–Trinajstić information content (AvgIpc) is 2.38. The van der Waals surface area contributed by atoms with Crippen LogP contribution in [0.4, 0.5) is 13.2 Å². The minimum absolute atomic E-state index is 0. The van der Waals surface area contributed by atoms with Gasteiger partial charge in [-0.25, -0.2) is 0 Å². The van der Waals surface area contributed by atoms with Crippen molar-refractivity contribution in [1.82, 2.24) is 5.32 Å². The lowest BCUT2D eigenvalue weighted by atomic mass is 9.98. The Morgan fingerprint density at radius 2 is 2.00 bits per heavy atom. The number of rotatable bonds is 6. The summed E-state index contributed by atoms with van der Waals surface area (Å²) in [6, 6.07) is 3.99. The molecule has 0 spiro atoms. The normalized spacial score (nSPS) is 12.4. The summed E-state index contributed by atoms with van der Waals surface area (Å²) in [4.78, 5) is 11.5. The third-order valence-corrected chi connectivity index (χ3v) is 2.70. The van der Waals surface area contributed by atoms with Gasteiger partial charge in [0.25, 0.3) is 0 Å². The number of halogens is 3. The second-order valence-corrected chi connectivity index (χ2v) is 4.24. The Labute approximate surface area is 122 Å². The van der Waals surface area contributed by atoms with Crippen molar-refractivity contribution in [3.63, 3.8) is 0 Å². The fourth-order valence-electron chi connectivity index (χ4n) is 1.75. The van der Waals surface area contributed by atoms with Crippen molar-refractivity contribution in [3.8, 4) is 0 Å². The van der Waals surface area contributed by atoms with Crippen molar-refractivity contribution < 1.29 is 22.7 Å². The number of benzene rings is 1. The first-order valence-electron chi connectivity index (χ1n) is 6.03. The Kier molecular flexibility index (Phi) is 7.98. The monoisotopic (exact) mass is 306 g/mol. The molecule has 0 aliphatic carbocycles. The molecule has 0 aromatic heterocycles. The summed E-state index contributed by atoms with van der Waals surface area (Å²) in [6.45, 7) is 0.628. The van der Waals surface area contributed by atoms with Crippen molar-refractivity contribution in [1.29, 1.82) is 0 Å². The maximum atomic E-state index is 12.8. The van der Waals surface area contributed by atoms with Gasteiger partial charge in [0, 0.05) is 26.1 Å². The zero-order valence-electron chi connectivity index (χ0n) is 11.0. The number of hydrogen-bond donors (Lipinski definition) is 2. The molecule has 3 N–H and O–H groups in total. The minimum Gasteiger partial charge on any atom is -0.383 e. The Hall–Kier alpha value is -1.60. The summed E-state index contributed by atoms with van der Waals surface area (Å²) in [5.74, 6) is -0.411. The van der Waals surface area contributed by atoms with Gasteiger partial charge in [-0.1, -0.05) is 25.6 Å². The summed E-state index contributed by atoms with van der Waals surface area (Å²) in [5.41, 5.74) is 4.82. The van der Waals surface area contributed by atoms with E-state index < -0.39 is 23.7 Å². The molecular weight excluding hydrogens is 285 g/mol. The summed E-state index contributed by atoms with van der Waals surface area (Å²) in [6.07, 6.45) is -4.70. The number of methoxy groups -OCH3 is 1. The highest BCUT2D eigenvalue weighted by atomic mass is 19.4. The molecule has 0 saturated heterocycles. The highest BCUT2D eigenvalue weighted by Crippen LogP contribution is 2.34. The Balaban J connectivity index is 0.00000400. The molecule has 7 heteroatoms. The first kappa shape index (κ1) is 19.4. The highest BCUT2D eigenvalue weighted by molar-refractivity contribution is 5.76. The van der Waals surface area contributed by atoms with Crippen LogP contribution in [0, 0.1) is 0 Å². The third-order valence-electron chi connectivity index (χ3n) is 2.70. The molecule has 0 aliphatic rings. The maximum absolute atomic E-state index is 12.8. The number of carbonyl (C=O) groups excluding carboxylic acids is 1. The fraction of sp³-hybridized carbons (Fsp3) is 0.500. The highest BCUT2D eigenvalue weighted by Gasteiger charge is 2.34. The predicted octanol–water partition coefficient (Wildman–Crippen LogP) is 2.49. The lowest BCUT2D eigenvalue weighted by Gasteiger charge is -2.18. The van der Waals surface area contributed by atoms with Crippen LogP contribution in [0.5, 0.6) is 0 Å². The lowest BCUT2D eigenvalue weighted by molar-refractivity contribution is -0.138. The molecule has 4 nitrogen and oxygen atoms in total. The Morgan fingerprint density at radius 3 is 2.57 bits per heavy atom. The molecule has 0 aliphatic heterocycles. The van der Waals surface area contributed by atoms with Crippen LogP contribution < -0.4 is 11.1 Å². The summed E-state index contributed by atoms with van der Waals surface area (Å²) in [5, 5.41) is 2.52. The van der Waals surface area contributed by atoms with E-state index in [-0.39, 0.29) is 19.4 Å². The number of nitrogens with two attached hydrogens (primary N) is 1. The van der Waals surface area contributed by atoms with Crippen LogP contribution in [0.15, 0.2) is 24.3 Å². The molecule has 0 radical (unpaired) electrons. The van der Waals surface area contributed by atoms with E-state index in [4.69, 9.17) is 10.5 Å². The SMILES string of the molecule is C.COCCNC(=O)C[C@H](N)c1ccccc1C(F)(F)F. The van der Waals surface area contributed by atoms with Crippen molar-refractivity contribution in [3.05, 3.63) is 35.4 Å². The molecule has 0 bridgehead atoms. The quantitative estimate of drug-likeness (QED) is 0.794. The summed E-state index contributed by atoms with van der Waals surface area (Å²) >= 11 is 0. The van der Waals surface area contributed by atoms with Crippen LogP contribution in [0.1, 0.15) is 31.0 Å². The van der Waals surface area contributed by atoms with E-state index in [9.17, 15) is 18.0 Å². The van der Waals surface area contributed by atoms with Gasteiger partial charge >= 0.3 is 6.18 Å². The van der Waals surface area contributed by atoms with E-state index in [0.717, 1.165) is 6.07 Å². The standard InChI is InChI=1S/C13H17F3N2O2.CH4/c1-20-7-6-18-12(19)8-11(17)9-4-2-3-5-10(9)13(14,15)16;/h2-5,11H,6-8,17H2,1H3,(H,18,19);1H4/t11-;/m0./s1. The van der Waals surface area contributed by atoms with Crippen molar-refractivity contribution in [2.24, 2.45) is 5.73 Å². The first-order chi connectivity index (χ1) is 9.36. The summed E-state index contributed by atoms with van der Waals surface area (Å²) < 4.78 is 43.2. The molecule has 1 amide bonds. The lowest BCUT2D eigenvalue weighted by Crippen LogP contribution is -2.30. The first-order valence-corrected chi connectivity index (χ1v) is 6.03. The molecule has 0 fully saturated rings. The van der Waals surface area contributed by atoms with Gasteiger partial charge in [-0.2, -0.15) is 13.2 Å². The van der Waals surface area contributed by atoms with Gasteiger partial charge in [0.2, 0.25) is 5.91 Å². The van der Waals surface area contributed by atoms with Crippen LogP contribution in [0.25, 0.3) is 0 Å². The average molecular weight is 306 g/mol. The molecule has 1 aromatic rings.